The van der Waals surface area contributed by atoms with Gasteiger partial charge in [0.1, 0.15) is 40.1 Å². The molecule has 0 amide bonds. The molecule has 0 N–H and O–H groups in total. The highest BCUT2D eigenvalue weighted by Crippen LogP contribution is 2.35. The first-order chi connectivity index (χ1) is 17.6. The highest BCUT2D eigenvalue weighted by Gasteiger charge is 2.32. The summed E-state index contributed by atoms with van der Waals surface area (Å²) in [4.78, 5) is 2.96. The Balaban J connectivity index is 1.73. The van der Waals surface area contributed by atoms with Crippen molar-refractivity contribution in [3.63, 3.8) is 0 Å². The van der Waals surface area contributed by atoms with E-state index in [2.05, 4.69) is 9.36 Å². The third kappa shape index (κ3) is 5.73. The Hall–Kier alpha value is -3.55. The fourth-order valence-corrected chi connectivity index (χ4v) is 5.69. The highest BCUT2D eigenvalue weighted by atomic mass is 35.5. The lowest BCUT2D eigenvalue weighted by molar-refractivity contribution is 0.391. The average molecular weight is 572 g/mol. The second-order valence-corrected chi connectivity index (χ2v) is 10.4. The third-order valence-electron chi connectivity index (χ3n) is 4.99. The third-order valence-corrected chi connectivity index (χ3v) is 7.76. The van der Waals surface area contributed by atoms with Gasteiger partial charge >= 0.3 is 0 Å². The van der Waals surface area contributed by atoms with Gasteiger partial charge in [0.2, 0.25) is 5.13 Å². The van der Waals surface area contributed by atoms with E-state index in [1.54, 1.807) is 18.2 Å². The van der Waals surface area contributed by atoms with Gasteiger partial charge in [-0.3, -0.25) is 0 Å². The van der Waals surface area contributed by atoms with E-state index >= 15 is 4.39 Å². The smallest absolute Gasteiger partial charge is 0.269 e. The molecule has 194 valence electrons. The first kappa shape index (κ1) is 26.5. The van der Waals surface area contributed by atoms with Crippen LogP contribution >= 0.6 is 23.1 Å². The summed E-state index contributed by atoms with van der Waals surface area (Å²) in [6, 6.07) is 8.83. The van der Waals surface area contributed by atoms with Crippen molar-refractivity contribution in [1.82, 2.24) is 9.36 Å². The summed E-state index contributed by atoms with van der Waals surface area (Å²) >= 11 is 6.50. The Morgan fingerprint density at radius 1 is 0.946 bits per heavy atom. The van der Waals surface area contributed by atoms with Gasteiger partial charge in [-0.15, -0.1) is 0 Å². The lowest BCUT2D eigenvalue weighted by Gasteiger charge is -2.23. The zero-order valence-corrected chi connectivity index (χ0v) is 21.5. The van der Waals surface area contributed by atoms with Gasteiger partial charge in [0.05, 0.1) is 20.8 Å². The van der Waals surface area contributed by atoms with Crippen LogP contribution in [0.25, 0.3) is 0 Å². The van der Waals surface area contributed by atoms with Gasteiger partial charge in [0.25, 0.3) is 10.0 Å². The molecule has 0 unspecified atom stereocenters. The zero-order chi connectivity index (χ0) is 26.7. The minimum absolute atomic E-state index is 0.0308. The van der Waals surface area contributed by atoms with Gasteiger partial charge in [-0.05, 0) is 24.3 Å². The predicted molar refractivity (Wildman–Crippen MR) is 131 cm³/mol. The number of sulfonamides is 1. The van der Waals surface area contributed by atoms with Crippen LogP contribution in [0.5, 0.6) is 23.0 Å². The molecule has 1 aromatic heterocycles. The number of benzene rings is 3. The number of nitrogens with zero attached hydrogens (tertiary/aromatic N) is 3. The van der Waals surface area contributed by atoms with Crippen LogP contribution in [-0.2, 0) is 16.6 Å². The molecule has 0 aliphatic heterocycles. The molecule has 0 atom stereocenters. The minimum Gasteiger partial charge on any atom is -0.497 e. The maximum Gasteiger partial charge on any atom is 0.269 e. The van der Waals surface area contributed by atoms with E-state index < -0.39 is 38.1 Å². The molecule has 0 aliphatic carbocycles. The van der Waals surface area contributed by atoms with E-state index in [-0.39, 0.29) is 22.4 Å². The van der Waals surface area contributed by atoms with Crippen LogP contribution in [0.3, 0.4) is 0 Å². The lowest BCUT2D eigenvalue weighted by atomic mass is 10.2. The normalized spacial score (nSPS) is 11.3. The summed E-state index contributed by atoms with van der Waals surface area (Å²) in [7, 11) is -1.87. The van der Waals surface area contributed by atoms with E-state index in [1.165, 1.54) is 20.3 Å². The molecule has 3 aromatic carbocycles. The molecule has 4 aromatic rings. The fraction of sp³-hybridized carbons (Fsp3) is 0.130. The van der Waals surface area contributed by atoms with Crippen LogP contribution in [0.2, 0.25) is 5.02 Å². The van der Waals surface area contributed by atoms with Crippen LogP contribution in [0.15, 0.2) is 59.8 Å². The molecule has 0 radical (unpaired) electrons. The number of hydrogen-bond donors (Lipinski definition) is 0. The second-order valence-electron chi connectivity index (χ2n) is 7.33. The molecule has 4 rings (SSSR count). The molecule has 0 bridgehead atoms. The largest absolute Gasteiger partial charge is 0.497 e. The van der Waals surface area contributed by atoms with Crippen molar-refractivity contribution in [3.8, 4) is 23.0 Å². The number of methoxy groups -OCH3 is 2. The highest BCUT2D eigenvalue weighted by molar-refractivity contribution is 7.93. The minimum atomic E-state index is -4.72. The van der Waals surface area contributed by atoms with E-state index in [0.717, 1.165) is 34.3 Å². The van der Waals surface area contributed by atoms with Crippen molar-refractivity contribution < 1.29 is 35.8 Å². The number of ether oxygens (including phenoxy) is 3. The van der Waals surface area contributed by atoms with Crippen LogP contribution in [0.1, 0.15) is 5.56 Å². The van der Waals surface area contributed by atoms with Gasteiger partial charge in [0.15, 0.2) is 11.6 Å². The summed E-state index contributed by atoms with van der Waals surface area (Å²) in [5, 5.41) is -0.121. The van der Waals surface area contributed by atoms with Crippen molar-refractivity contribution in [2.75, 3.05) is 18.5 Å². The zero-order valence-electron chi connectivity index (χ0n) is 19.1. The summed E-state index contributed by atoms with van der Waals surface area (Å²) in [6.45, 7) is -0.341. The van der Waals surface area contributed by atoms with Crippen LogP contribution in [0.4, 0.5) is 18.3 Å². The Bertz CT molecular complexity index is 1520. The average Bonchev–Trinajstić information content (AvgIpc) is 3.38. The first-order valence-corrected chi connectivity index (χ1v) is 12.8. The van der Waals surface area contributed by atoms with Crippen molar-refractivity contribution in [2.24, 2.45) is 0 Å². The number of aromatic nitrogens is 2. The summed E-state index contributed by atoms with van der Waals surface area (Å²) < 4.78 is 91.1. The van der Waals surface area contributed by atoms with Gasteiger partial charge < -0.3 is 14.2 Å². The topological polar surface area (TPSA) is 90.9 Å². The maximum absolute atomic E-state index is 15.1. The van der Waals surface area contributed by atoms with E-state index in [4.69, 9.17) is 25.8 Å². The Kier molecular flexibility index (Phi) is 7.76. The molecule has 14 heteroatoms. The maximum atomic E-state index is 15.1. The molecule has 0 saturated heterocycles. The number of halogens is 4. The standard InChI is InChI=1S/C23H17ClF3N3O5S2/c1-33-16-4-3-13(20(8-16)34-2)11-30(23-28-12-29-36-23)37(31,32)22-10-18(26)21(9-19(22)27)35-17-6-14(24)5-15(25)7-17/h3-10,12H,11H2,1-2H3. The summed E-state index contributed by atoms with van der Waals surface area (Å²) in [5.41, 5.74) is 0.394. The predicted octanol–water partition coefficient (Wildman–Crippen LogP) is 5.81. The molecular formula is C23H17ClF3N3O5S2. The molecule has 0 aliphatic rings. The molecule has 37 heavy (non-hydrogen) atoms. The fourth-order valence-electron chi connectivity index (χ4n) is 3.29. The van der Waals surface area contributed by atoms with Gasteiger partial charge in [-0.1, -0.05) is 11.6 Å². The first-order valence-electron chi connectivity index (χ1n) is 10.3. The van der Waals surface area contributed by atoms with Crippen molar-refractivity contribution in [3.05, 3.63) is 82.9 Å². The second kappa shape index (κ2) is 10.8. The molecule has 1 heterocycles. The van der Waals surface area contributed by atoms with Gasteiger partial charge in [-0.25, -0.2) is 30.9 Å². The van der Waals surface area contributed by atoms with Crippen molar-refractivity contribution in [2.45, 2.75) is 11.4 Å². The summed E-state index contributed by atoms with van der Waals surface area (Å²) in [5.74, 6) is -3.39. The SMILES string of the molecule is COc1ccc(CN(c2ncns2)S(=O)(=O)c2cc(F)c(Oc3cc(F)cc(Cl)c3)cc2F)c(OC)c1. The van der Waals surface area contributed by atoms with E-state index in [0.29, 0.717) is 29.2 Å². The van der Waals surface area contributed by atoms with Crippen LogP contribution in [0, 0.1) is 17.5 Å². The van der Waals surface area contributed by atoms with Crippen LogP contribution in [-0.4, -0.2) is 32.0 Å². The Morgan fingerprint density at radius 3 is 2.38 bits per heavy atom. The molecule has 8 nitrogen and oxygen atoms in total. The lowest BCUT2D eigenvalue weighted by Crippen LogP contribution is -2.31. The molecule has 0 saturated carbocycles. The molecular weight excluding hydrogens is 555 g/mol. The quantitative estimate of drug-likeness (QED) is 0.250. The van der Waals surface area contributed by atoms with Crippen LogP contribution < -0.4 is 18.5 Å². The number of hydrogen-bond acceptors (Lipinski definition) is 8. The van der Waals surface area contributed by atoms with Crippen molar-refractivity contribution >= 4 is 38.3 Å². The summed E-state index contributed by atoms with van der Waals surface area (Å²) in [6.07, 6.45) is 1.13. The number of rotatable bonds is 9. The van der Waals surface area contributed by atoms with Gasteiger partial charge in [0, 0.05) is 46.4 Å². The van der Waals surface area contributed by atoms with Gasteiger partial charge in [-0.2, -0.15) is 4.37 Å². The molecule has 0 fully saturated rings. The Labute approximate surface area is 219 Å². The van der Waals surface area contributed by atoms with E-state index in [1.807, 2.05) is 0 Å². The molecule has 0 spiro atoms. The number of anilines is 1. The monoisotopic (exact) mass is 571 g/mol. The Morgan fingerprint density at radius 2 is 1.73 bits per heavy atom. The van der Waals surface area contributed by atoms with E-state index in [9.17, 15) is 17.2 Å². The van der Waals surface area contributed by atoms with Crippen molar-refractivity contribution in [1.29, 1.82) is 0 Å².